The Bertz CT molecular complexity index is 9480. The van der Waals surface area contributed by atoms with Crippen LogP contribution in [0.3, 0.4) is 0 Å². The summed E-state index contributed by atoms with van der Waals surface area (Å²) >= 11 is 0. The molecule has 0 saturated carbocycles. The van der Waals surface area contributed by atoms with Gasteiger partial charge in [0, 0.05) is 171 Å². The van der Waals surface area contributed by atoms with Gasteiger partial charge in [-0.3, -0.25) is 0 Å². The van der Waals surface area contributed by atoms with Crippen molar-refractivity contribution in [1.29, 1.82) is 0 Å². The smallest absolute Gasteiger partial charge is 0.0580 e. The van der Waals surface area contributed by atoms with E-state index >= 15 is 0 Å². The largest absolute Gasteiger partial charge is 0.341 e. The van der Waals surface area contributed by atoms with Crippen molar-refractivity contribution in [3.05, 3.63) is 434 Å². The van der Waals surface area contributed by atoms with E-state index in [9.17, 15) is 0 Å². The minimum atomic E-state index is 0.983. The van der Waals surface area contributed by atoms with Gasteiger partial charge >= 0.3 is 0 Å². The number of hydrogen-bond acceptors (Lipinski definition) is 0. The Balaban J connectivity index is 0.0000000870. The molecule has 0 amide bonds. The highest BCUT2D eigenvalue weighted by atomic mass is 15.0. The fraction of sp³-hybridized carbons (Fsp3) is 0.116. The molecule has 6 heterocycles. The molecule has 0 saturated heterocycles. The molecule has 6 aromatic heterocycles. The van der Waals surface area contributed by atoms with Gasteiger partial charge in [-0.2, -0.15) is 0 Å². The Morgan fingerprint density at radius 2 is 0.489 bits per heavy atom. The SMILES string of the molecule is CCn1c2ccccc2c2c3ccc4c(c3ccc21)Cc1ccccc1-4.CCn1c2ccccc2c2c3ccccc3c3c(c21)-c1ccccc1C3.CCn1c2ccccc2c2c3ccccc3c3c(c21)Cc1ccccc1-3.CCn1c2ccccc2c2c3ccccc3ccc21.CCn1c2ccccc2c2cc3ccccc3cc21.CCn1c2ccccc2c2ccc3ccccc3c21. The van der Waals surface area contributed by atoms with Crippen LogP contribution in [-0.4, -0.2) is 27.4 Å². The van der Waals surface area contributed by atoms with E-state index in [4.69, 9.17) is 0 Å². The molecule has 0 atom stereocenters. The number of hydrogen-bond donors (Lipinski definition) is 0. The van der Waals surface area contributed by atoms with Crippen molar-refractivity contribution >= 4 is 195 Å². The second-order valence-electron chi connectivity index (χ2n) is 36.5. The minimum Gasteiger partial charge on any atom is -0.341 e. The van der Waals surface area contributed by atoms with Crippen LogP contribution in [0.15, 0.2) is 400 Å². The molecule has 135 heavy (non-hydrogen) atoms. The minimum absolute atomic E-state index is 0.983. The summed E-state index contributed by atoms with van der Waals surface area (Å²) in [4.78, 5) is 0. The van der Waals surface area contributed by atoms with Gasteiger partial charge in [-0.25, -0.2) is 0 Å². The van der Waals surface area contributed by atoms with Crippen molar-refractivity contribution in [2.45, 2.75) is 100 Å². The second kappa shape index (κ2) is 33.1. The van der Waals surface area contributed by atoms with Gasteiger partial charge in [-0.1, -0.05) is 340 Å². The van der Waals surface area contributed by atoms with Gasteiger partial charge < -0.3 is 27.4 Å². The number of aromatic nitrogens is 6. The highest BCUT2D eigenvalue weighted by Gasteiger charge is 2.31. The third-order valence-electron chi connectivity index (χ3n) is 29.9. The molecule has 27 aromatic rings. The quantitative estimate of drug-likeness (QED) is 0.159. The zero-order chi connectivity index (χ0) is 90.2. The normalized spacial score (nSPS) is 12.3. The van der Waals surface area contributed by atoms with Gasteiger partial charge in [0.25, 0.3) is 0 Å². The lowest BCUT2D eigenvalue weighted by Crippen LogP contribution is -1.97. The Labute approximate surface area is 784 Å². The van der Waals surface area contributed by atoms with Gasteiger partial charge in [-0.05, 0) is 235 Å². The zero-order valence-corrected chi connectivity index (χ0v) is 77.2. The molecule has 0 unspecified atom stereocenters. The molecule has 0 N–H and O–H groups in total. The summed E-state index contributed by atoms with van der Waals surface area (Å²) in [7, 11) is 0. The summed E-state index contributed by atoms with van der Waals surface area (Å²) < 4.78 is 14.7. The van der Waals surface area contributed by atoms with Crippen molar-refractivity contribution < 1.29 is 0 Å². The first-order valence-electron chi connectivity index (χ1n) is 48.6. The van der Waals surface area contributed by atoms with Crippen LogP contribution in [0.2, 0.25) is 0 Å². The molecule has 30 rings (SSSR count). The summed E-state index contributed by atoms with van der Waals surface area (Å²) in [5, 5.41) is 32.8. The van der Waals surface area contributed by atoms with E-state index in [-0.39, 0.29) is 0 Å². The van der Waals surface area contributed by atoms with Crippen molar-refractivity contribution in [2.75, 3.05) is 0 Å². The molecule has 6 nitrogen and oxygen atoms in total. The lowest BCUT2D eigenvalue weighted by Gasteiger charge is -2.12. The predicted molar refractivity (Wildman–Crippen MR) is 580 cm³/mol. The van der Waals surface area contributed by atoms with Crippen LogP contribution in [0.5, 0.6) is 0 Å². The van der Waals surface area contributed by atoms with Crippen LogP contribution in [0.25, 0.3) is 229 Å². The van der Waals surface area contributed by atoms with Crippen LogP contribution in [0.4, 0.5) is 0 Å². The van der Waals surface area contributed by atoms with Crippen LogP contribution < -0.4 is 0 Å². The standard InChI is InChI=1S/3C25H19N.3C18H15N/c1-2-26-22-14-8-7-13-20(22)24-19-12-6-5-11-18(19)23-17-10-4-3-9-16(17)15-21(23)25(24)26;1-2-26-22-14-8-7-13-20(22)24-19-12-6-5-11-18(19)21-15-16-9-3-4-10-17(16)23(21)25(24)26;1-2-26-23-10-6-5-9-21(23)25-20-12-11-18-17-8-4-3-7-16(17)15-22(18)19(20)13-14-24(25)26;1-2-19-17-10-6-5-9-15(17)16-11-13-7-3-4-8-14(13)12-18(16)19;1-2-19-17-10-6-5-9-15(17)16-12-11-13-7-3-4-8-14(13)18(16)19;1-2-19-16-10-6-5-9-15(16)18-14-8-4-3-7-13(14)11-12-17(18)19/h3*3-14H,2,15H2,1H3;3*3-12H,2H2,1H3. The molecular weight excluding hydrogens is 1630 g/mol. The van der Waals surface area contributed by atoms with E-state index in [1.807, 2.05) is 0 Å². The van der Waals surface area contributed by atoms with Crippen LogP contribution in [0, 0.1) is 0 Å². The van der Waals surface area contributed by atoms with Crippen molar-refractivity contribution in [1.82, 2.24) is 27.4 Å². The summed E-state index contributed by atoms with van der Waals surface area (Å²) in [6, 6.07) is 146. The predicted octanol–water partition coefficient (Wildman–Crippen LogP) is 34.5. The van der Waals surface area contributed by atoms with E-state index < -0.39 is 0 Å². The first-order chi connectivity index (χ1) is 66.8. The maximum Gasteiger partial charge on any atom is 0.0580 e. The van der Waals surface area contributed by atoms with E-state index in [2.05, 4.69) is 469 Å². The Morgan fingerprint density at radius 1 is 0.163 bits per heavy atom. The van der Waals surface area contributed by atoms with E-state index in [1.165, 1.54) is 262 Å². The number of nitrogens with zero attached hydrogens (tertiary/aromatic N) is 6. The molecule has 3 aliphatic rings. The monoisotopic (exact) mass is 1730 g/mol. The zero-order valence-electron chi connectivity index (χ0n) is 77.2. The maximum atomic E-state index is 2.52. The number of para-hydroxylation sites is 6. The van der Waals surface area contributed by atoms with Gasteiger partial charge in [0.05, 0.1) is 16.6 Å². The van der Waals surface area contributed by atoms with Crippen molar-refractivity contribution in [3.63, 3.8) is 0 Å². The number of rotatable bonds is 6. The Kier molecular flexibility index (Phi) is 19.8. The summed E-state index contributed by atoms with van der Waals surface area (Å²) in [5.74, 6) is 0. The molecule has 21 aromatic carbocycles. The first-order valence-corrected chi connectivity index (χ1v) is 48.6. The maximum absolute atomic E-state index is 2.52. The number of fused-ring (bicyclic) bond motifs is 43. The van der Waals surface area contributed by atoms with E-state index in [1.54, 1.807) is 0 Å². The topological polar surface area (TPSA) is 29.6 Å². The average Bonchev–Trinajstić information content (AvgIpc) is 1.55. The third kappa shape index (κ3) is 12.7. The Morgan fingerprint density at radius 3 is 1.07 bits per heavy atom. The third-order valence-corrected chi connectivity index (χ3v) is 29.9. The van der Waals surface area contributed by atoms with Gasteiger partial charge in [0.1, 0.15) is 0 Å². The summed E-state index contributed by atoms with van der Waals surface area (Å²) in [5.41, 5.74) is 33.6. The molecule has 6 heteroatoms. The molecule has 0 bridgehead atoms. The van der Waals surface area contributed by atoms with Gasteiger partial charge in [0.2, 0.25) is 0 Å². The Hall–Kier alpha value is -16.0. The molecule has 3 aliphatic carbocycles. The molecule has 0 aliphatic heterocycles. The molecule has 0 fully saturated rings. The van der Waals surface area contributed by atoms with E-state index in [0.717, 1.165) is 58.5 Å². The summed E-state index contributed by atoms with van der Waals surface area (Å²) in [6.07, 6.45) is 3.11. The number of benzene rings is 21. The van der Waals surface area contributed by atoms with Crippen LogP contribution in [0.1, 0.15) is 74.9 Å². The highest BCUT2D eigenvalue weighted by molar-refractivity contribution is 6.29. The van der Waals surface area contributed by atoms with Gasteiger partial charge in [0.15, 0.2) is 0 Å². The first kappa shape index (κ1) is 81.0. The summed E-state index contributed by atoms with van der Waals surface area (Å²) in [6.45, 7) is 19.4. The molecule has 648 valence electrons. The van der Waals surface area contributed by atoms with E-state index in [0.29, 0.717) is 0 Å². The fourth-order valence-corrected chi connectivity index (χ4v) is 24.3. The van der Waals surface area contributed by atoms with Crippen LogP contribution >= 0.6 is 0 Å². The van der Waals surface area contributed by atoms with Gasteiger partial charge in [-0.15, -0.1) is 0 Å². The van der Waals surface area contributed by atoms with Crippen LogP contribution in [-0.2, 0) is 58.5 Å². The second-order valence-corrected chi connectivity index (χ2v) is 36.5. The molecule has 0 spiro atoms. The average molecular weight is 1740 g/mol. The highest BCUT2D eigenvalue weighted by Crippen LogP contribution is 2.52. The fourth-order valence-electron chi connectivity index (χ4n) is 24.3. The number of aryl methyl sites for hydroxylation is 6. The molecular formula is C129H102N6. The van der Waals surface area contributed by atoms with Crippen molar-refractivity contribution in [3.8, 4) is 33.4 Å². The van der Waals surface area contributed by atoms with Crippen molar-refractivity contribution in [2.24, 2.45) is 0 Å². The molecule has 0 radical (unpaired) electrons. The lowest BCUT2D eigenvalue weighted by molar-refractivity contribution is 0.824. The lowest BCUT2D eigenvalue weighted by atomic mass is 9.94.